The molecule has 31 heavy (non-hydrogen) atoms. The van der Waals surface area contributed by atoms with Crippen molar-refractivity contribution in [3.8, 4) is 6.07 Å². The average Bonchev–Trinajstić information content (AvgIpc) is 3.08. The summed E-state index contributed by atoms with van der Waals surface area (Å²) in [7, 11) is -4.63. The third kappa shape index (κ3) is 6.41. The van der Waals surface area contributed by atoms with Gasteiger partial charge in [0.25, 0.3) is 0 Å². The Kier molecular flexibility index (Phi) is 8.49. The van der Waals surface area contributed by atoms with E-state index >= 15 is 0 Å². The van der Waals surface area contributed by atoms with Crippen LogP contribution in [0.5, 0.6) is 0 Å². The van der Waals surface area contributed by atoms with E-state index in [1.165, 1.54) is 0 Å². The molecule has 1 aliphatic heterocycles. The van der Waals surface area contributed by atoms with Crippen LogP contribution in [0.2, 0.25) is 0 Å². The fourth-order valence-electron chi connectivity index (χ4n) is 4.12. The molecule has 1 heterocycles. The molecule has 0 bridgehead atoms. The maximum absolute atomic E-state index is 11.3. The molecule has 8 heteroatoms. The minimum atomic E-state index is -4.63. The number of hydrogen-bond donors (Lipinski definition) is 2. The van der Waals surface area contributed by atoms with Crippen molar-refractivity contribution in [2.24, 2.45) is 0 Å². The first-order valence-corrected chi connectivity index (χ1v) is 13.1. The van der Waals surface area contributed by atoms with E-state index in [-0.39, 0.29) is 31.3 Å². The topological polar surface area (TPSA) is 95.2 Å². The summed E-state index contributed by atoms with van der Waals surface area (Å²) in [5.74, 6) is -0.0614. The Balaban J connectivity index is 1.89. The Morgan fingerprint density at radius 1 is 1.13 bits per heavy atom. The van der Waals surface area contributed by atoms with Crippen LogP contribution in [0.4, 0.5) is 0 Å². The second kappa shape index (κ2) is 10.3. The van der Waals surface area contributed by atoms with Crippen molar-refractivity contribution in [1.29, 1.82) is 5.26 Å². The Hall–Kier alpha value is -1.68. The van der Waals surface area contributed by atoms with E-state index in [0.29, 0.717) is 12.8 Å². The molecule has 1 unspecified atom stereocenters. The van der Waals surface area contributed by atoms with E-state index in [1.54, 1.807) is 10.9 Å². The predicted octanol–water partition coefficient (Wildman–Crippen LogP) is 5.16. The zero-order valence-corrected chi connectivity index (χ0v) is 20.2. The van der Waals surface area contributed by atoms with Crippen LogP contribution in [0, 0.1) is 11.3 Å². The molecular formula is C23H37N2O5P. The van der Waals surface area contributed by atoms with E-state index in [4.69, 9.17) is 19.3 Å². The Labute approximate surface area is 186 Å². The molecule has 0 aliphatic carbocycles. The van der Waals surface area contributed by atoms with Gasteiger partial charge in [0.2, 0.25) is 0 Å². The number of allylic oxidation sites excluding steroid dienone is 1. The van der Waals surface area contributed by atoms with Gasteiger partial charge >= 0.3 is 186 Å². The van der Waals surface area contributed by atoms with Crippen molar-refractivity contribution in [2.75, 3.05) is 12.8 Å². The van der Waals surface area contributed by atoms with Gasteiger partial charge in [-0.2, -0.15) is 0 Å². The second-order valence-electron chi connectivity index (χ2n) is 8.67. The first-order valence-electron chi connectivity index (χ1n) is 10.9. The van der Waals surface area contributed by atoms with Gasteiger partial charge in [0.15, 0.2) is 0 Å². The summed E-state index contributed by atoms with van der Waals surface area (Å²) in [6.07, 6.45) is 3.62. The van der Waals surface area contributed by atoms with Gasteiger partial charge in [-0.1, -0.05) is 0 Å². The molecule has 1 aromatic rings. The number of unbranched alkanes of at least 4 members (excludes halogenated alkanes) is 1. The normalized spacial score (nSPS) is 20.2. The van der Waals surface area contributed by atoms with Gasteiger partial charge < -0.3 is 0 Å². The molecule has 0 saturated carbocycles. The monoisotopic (exact) mass is 452 g/mol. The third-order valence-corrected chi connectivity index (χ3v) is 8.92. The molecule has 7 nitrogen and oxygen atoms in total. The van der Waals surface area contributed by atoms with Crippen molar-refractivity contribution in [1.82, 2.24) is 4.67 Å². The minimum absolute atomic E-state index is 0.0247. The summed E-state index contributed by atoms with van der Waals surface area (Å²) in [6.45, 7) is 9.68. The Bertz CT molecular complexity index is 783. The van der Waals surface area contributed by atoms with Crippen LogP contribution >= 0.6 is 7.43 Å². The number of benzene rings is 1. The van der Waals surface area contributed by atoms with Gasteiger partial charge in [0.1, 0.15) is 0 Å². The molecule has 0 spiro atoms. The van der Waals surface area contributed by atoms with Crippen LogP contribution in [0.3, 0.4) is 0 Å². The number of rotatable bonds is 12. The molecule has 1 atom stereocenters. The number of nitrogens with zero attached hydrogens (tertiary/aromatic N) is 2. The molecule has 0 aromatic heterocycles. The fourth-order valence-corrected chi connectivity index (χ4v) is 7.47. The molecular weight excluding hydrogens is 415 g/mol. The van der Waals surface area contributed by atoms with Crippen molar-refractivity contribution in [3.05, 3.63) is 47.9 Å². The van der Waals surface area contributed by atoms with E-state index in [2.05, 4.69) is 0 Å². The number of nitriles is 1. The van der Waals surface area contributed by atoms with Crippen molar-refractivity contribution in [3.63, 3.8) is 0 Å². The van der Waals surface area contributed by atoms with Gasteiger partial charge in [0, 0.05) is 0 Å². The molecule has 0 fully saturated rings. The van der Waals surface area contributed by atoms with Gasteiger partial charge in [-0.05, 0) is 0 Å². The van der Waals surface area contributed by atoms with E-state index in [9.17, 15) is 9.79 Å². The molecule has 174 valence electrons. The molecule has 1 aliphatic rings. The van der Waals surface area contributed by atoms with Gasteiger partial charge in [-0.15, -0.1) is 0 Å². The van der Waals surface area contributed by atoms with Gasteiger partial charge in [-0.3, -0.25) is 0 Å². The maximum atomic E-state index is 11.3. The van der Waals surface area contributed by atoms with E-state index < -0.39 is 13.2 Å². The average molecular weight is 453 g/mol. The van der Waals surface area contributed by atoms with Crippen molar-refractivity contribution >= 4 is 7.43 Å². The van der Waals surface area contributed by atoms with Crippen LogP contribution in [0.15, 0.2) is 42.4 Å². The number of hydrogen-bond acceptors (Lipinski definition) is 7. The quantitative estimate of drug-likeness (QED) is 0.334. The first-order chi connectivity index (χ1) is 14.5. The standard InChI is InChI=1S/C23H37N2O5P/c1-19(2)25(20(3)4)31(26,27,17-11-15-24)29-16-10-9-14-22-18-28-23(5,30-22)21-12-7-6-8-13-21/h6-8,12-13,18-20,26-27H,9-11,14,16-17H2,1-5H3. The first kappa shape index (κ1) is 25.6. The fraction of sp³-hybridized carbons (Fsp3) is 0.609. The zero-order chi connectivity index (χ0) is 23.1. The van der Waals surface area contributed by atoms with Crippen LogP contribution in [-0.2, 0) is 19.8 Å². The van der Waals surface area contributed by atoms with Gasteiger partial charge in [0.05, 0.1) is 0 Å². The summed E-state index contributed by atoms with van der Waals surface area (Å²) in [6, 6.07) is 11.5. The van der Waals surface area contributed by atoms with Crippen LogP contribution in [-0.4, -0.2) is 39.3 Å². The zero-order valence-electron chi connectivity index (χ0n) is 19.3. The third-order valence-electron chi connectivity index (χ3n) is 5.35. The Morgan fingerprint density at radius 2 is 1.77 bits per heavy atom. The van der Waals surface area contributed by atoms with Crippen molar-refractivity contribution in [2.45, 2.75) is 78.2 Å². The van der Waals surface area contributed by atoms with Crippen LogP contribution < -0.4 is 0 Å². The molecule has 0 saturated heterocycles. The predicted molar refractivity (Wildman–Crippen MR) is 122 cm³/mol. The van der Waals surface area contributed by atoms with Crippen molar-refractivity contribution < 1.29 is 23.8 Å². The van der Waals surface area contributed by atoms with E-state index in [1.807, 2.05) is 71.0 Å². The Morgan fingerprint density at radius 3 is 2.35 bits per heavy atom. The number of ether oxygens (including phenoxy) is 2. The molecule has 0 amide bonds. The second-order valence-corrected chi connectivity index (χ2v) is 12.0. The van der Waals surface area contributed by atoms with Crippen LogP contribution in [0.25, 0.3) is 0 Å². The summed E-state index contributed by atoms with van der Waals surface area (Å²) >= 11 is 0. The molecule has 2 N–H and O–H groups in total. The molecule has 0 radical (unpaired) electrons. The van der Waals surface area contributed by atoms with Gasteiger partial charge in [-0.25, -0.2) is 0 Å². The summed E-state index contributed by atoms with van der Waals surface area (Å²) in [4.78, 5) is 22.6. The summed E-state index contributed by atoms with van der Waals surface area (Å²) in [5, 5.41) is 9.00. The van der Waals surface area contributed by atoms with Crippen LogP contribution in [0.1, 0.15) is 65.9 Å². The summed E-state index contributed by atoms with van der Waals surface area (Å²) < 4.78 is 19.2. The summed E-state index contributed by atoms with van der Waals surface area (Å²) in [5.41, 5.74) is 0.947. The SMILES string of the molecule is CC(C)N(C(C)C)P(O)(O)(CCC#N)OCCCCC1=COC(C)(c2ccccc2)O1. The van der Waals surface area contributed by atoms with E-state index in [0.717, 1.165) is 17.7 Å². The molecule has 1 aromatic carbocycles. The molecule has 2 rings (SSSR count).